The number of hydrogen-bond donors (Lipinski definition) is 0. The second kappa shape index (κ2) is 4.85. The van der Waals surface area contributed by atoms with Crippen molar-refractivity contribution in [2.45, 2.75) is 13.3 Å². The Morgan fingerprint density at radius 2 is 2.19 bits per heavy atom. The van der Waals surface area contributed by atoms with E-state index in [0.29, 0.717) is 10.6 Å². The van der Waals surface area contributed by atoms with Crippen LogP contribution < -0.4 is 0 Å². The van der Waals surface area contributed by atoms with Crippen molar-refractivity contribution in [1.82, 2.24) is 0 Å². The summed E-state index contributed by atoms with van der Waals surface area (Å²) in [6, 6.07) is 5.36. The Kier molecular flexibility index (Phi) is 3.66. The number of hydrogen-bond acceptors (Lipinski definition) is 3. The second-order valence-electron chi connectivity index (χ2n) is 3.18. The molecule has 0 aliphatic carbocycles. The number of ketones is 1. The first-order valence-corrected chi connectivity index (χ1v) is 7.10. The molecule has 0 aliphatic heterocycles. The highest BCUT2D eigenvalue weighted by atomic mass is 79.9. The average molecular weight is 364 g/mol. The van der Waals surface area contributed by atoms with E-state index in [4.69, 9.17) is 4.42 Å². The molecular formula is C11H8Br2O2S. The lowest BCUT2D eigenvalue weighted by Crippen LogP contribution is -1.95. The number of aryl methyl sites for hydroxylation is 1. The van der Waals surface area contributed by atoms with Gasteiger partial charge in [0, 0.05) is 10.9 Å². The lowest BCUT2D eigenvalue weighted by molar-refractivity contribution is 0.101. The fraction of sp³-hybridized carbons (Fsp3) is 0.182. The summed E-state index contributed by atoms with van der Waals surface area (Å²) in [7, 11) is 0. The first kappa shape index (κ1) is 12.1. The van der Waals surface area contributed by atoms with Gasteiger partial charge in [0.2, 0.25) is 5.78 Å². The third-order valence-corrected chi connectivity index (χ3v) is 5.36. The van der Waals surface area contributed by atoms with E-state index < -0.39 is 0 Å². The van der Waals surface area contributed by atoms with Crippen LogP contribution in [0.2, 0.25) is 0 Å². The highest BCUT2D eigenvalue weighted by molar-refractivity contribution is 9.13. The molecule has 0 N–H and O–H groups in total. The van der Waals surface area contributed by atoms with Gasteiger partial charge in [-0.3, -0.25) is 4.79 Å². The molecule has 0 saturated heterocycles. The molecule has 0 amide bonds. The molecular weight excluding hydrogens is 356 g/mol. The third kappa shape index (κ3) is 2.31. The predicted molar refractivity (Wildman–Crippen MR) is 71.2 cm³/mol. The SMILES string of the molecule is CCc1ccc(C(=O)c2cc(Br)c(Br)s2)o1. The van der Waals surface area contributed by atoms with Crippen LogP contribution in [0.4, 0.5) is 0 Å². The van der Waals surface area contributed by atoms with Crippen LogP contribution in [0.25, 0.3) is 0 Å². The van der Waals surface area contributed by atoms with Crippen LogP contribution in [0.15, 0.2) is 30.9 Å². The van der Waals surface area contributed by atoms with Crippen LogP contribution in [0.3, 0.4) is 0 Å². The van der Waals surface area contributed by atoms with Gasteiger partial charge in [-0.25, -0.2) is 0 Å². The summed E-state index contributed by atoms with van der Waals surface area (Å²) in [6.45, 7) is 1.99. The van der Waals surface area contributed by atoms with Crippen LogP contribution in [-0.4, -0.2) is 5.78 Å². The Bertz CT molecular complexity index is 508. The summed E-state index contributed by atoms with van der Waals surface area (Å²) in [5.74, 6) is 1.16. The monoisotopic (exact) mass is 362 g/mol. The zero-order valence-corrected chi connectivity index (χ0v) is 12.4. The number of carbonyl (C=O) groups is 1. The molecule has 2 nitrogen and oxygen atoms in total. The fourth-order valence-corrected chi connectivity index (χ4v) is 3.25. The Morgan fingerprint density at radius 3 is 2.69 bits per heavy atom. The van der Waals surface area contributed by atoms with E-state index in [1.165, 1.54) is 11.3 Å². The highest BCUT2D eigenvalue weighted by Crippen LogP contribution is 2.33. The molecule has 0 saturated carbocycles. The van der Waals surface area contributed by atoms with Crippen LogP contribution in [0.5, 0.6) is 0 Å². The summed E-state index contributed by atoms with van der Waals surface area (Å²) >= 11 is 8.12. The quantitative estimate of drug-likeness (QED) is 0.742. The van der Waals surface area contributed by atoms with Crippen molar-refractivity contribution in [2.24, 2.45) is 0 Å². The van der Waals surface area contributed by atoms with E-state index in [1.807, 2.05) is 13.0 Å². The maximum Gasteiger partial charge on any atom is 0.238 e. The van der Waals surface area contributed by atoms with Gasteiger partial charge >= 0.3 is 0 Å². The smallest absolute Gasteiger partial charge is 0.238 e. The summed E-state index contributed by atoms with van der Waals surface area (Å²) in [6.07, 6.45) is 0.797. The lowest BCUT2D eigenvalue weighted by atomic mass is 10.2. The van der Waals surface area contributed by atoms with E-state index >= 15 is 0 Å². The molecule has 2 aromatic heterocycles. The minimum Gasteiger partial charge on any atom is -0.458 e. The molecule has 0 unspecified atom stereocenters. The summed E-state index contributed by atoms with van der Waals surface area (Å²) in [4.78, 5) is 12.7. The normalized spacial score (nSPS) is 10.7. The summed E-state index contributed by atoms with van der Waals surface area (Å²) < 4.78 is 7.23. The predicted octanol–water partition coefficient (Wildman–Crippen LogP) is 4.66. The van der Waals surface area contributed by atoms with E-state index in [1.54, 1.807) is 12.1 Å². The van der Waals surface area contributed by atoms with Crippen LogP contribution in [-0.2, 0) is 6.42 Å². The molecule has 2 heterocycles. The molecule has 0 aliphatic rings. The van der Waals surface area contributed by atoms with Crippen molar-refractivity contribution in [2.75, 3.05) is 0 Å². The van der Waals surface area contributed by atoms with E-state index in [2.05, 4.69) is 31.9 Å². The van der Waals surface area contributed by atoms with Gasteiger partial charge in [-0.1, -0.05) is 6.92 Å². The maximum atomic E-state index is 12.0. The van der Waals surface area contributed by atoms with Crippen molar-refractivity contribution in [3.05, 3.63) is 42.9 Å². The summed E-state index contributed by atoms with van der Waals surface area (Å²) in [5.41, 5.74) is 0. The lowest BCUT2D eigenvalue weighted by Gasteiger charge is -1.92. The number of furan rings is 1. The van der Waals surface area contributed by atoms with E-state index in [9.17, 15) is 4.79 Å². The molecule has 0 aromatic carbocycles. The van der Waals surface area contributed by atoms with Gasteiger partial charge in [0.05, 0.1) is 8.66 Å². The molecule has 16 heavy (non-hydrogen) atoms. The van der Waals surface area contributed by atoms with Gasteiger partial charge < -0.3 is 4.42 Å². The molecule has 2 aromatic rings. The van der Waals surface area contributed by atoms with Crippen molar-refractivity contribution < 1.29 is 9.21 Å². The third-order valence-electron chi connectivity index (χ3n) is 2.10. The Labute approximate surface area is 114 Å². The molecule has 2 rings (SSSR count). The maximum absolute atomic E-state index is 12.0. The van der Waals surface area contributed by atoms with Crippen LogP contribution in [0, 0.1) is 0 Å². The zero-order valence-electron chi connectivity index (χ0n) is 8.42. The molecule has 0 bridgehead atoms. The number of thiophene rings is 1. The van der Waals surface area contributed by atoms with Crippen LogP contribution >= 0.6 is 43.2 Å². The molecule has 0 fully saturated rings. The van der Waals surface area contributed by atoms with Crippen molar-refractivity contribution in [3.8, 4) is 0 Å². The first-order chi connectivity index (χ1) is 7.61. The average Bonchev–Trinajstić information content (AvgIpc) is 2.86. The van der Waals surface area contributed by atoms with Gasteiger partial charge in [-0.2, -0.15) is 0 Å². The Balaban J connectivity index is 2.31. The molecule has 0 atom stereocenters. The number of carbonyl (C=O) groups excluding carboxylic acids is 1. The van der Waals surface area contributed by atoms with Crippen molar-refractivity contribution in [3.63, 3.8) is 0 Å². The minimum atomic E-state index is -0.0731. The van der Waals surface area contributed by atoms with Crippen LogP contribution in [0.1, 0.15) is 28.1 Å². The fourth-order valence-electron chi connectivity index (χ4n) is 1.27. The Hall–Kier alpha value is -0.390. The molecule has 0 spiro atoms. The standard InChI is InChI=1S/C11H8Br2O2S/c1-2-6-3-4-8(15-6)10(14)9-5-7(12)11(13)16-9/h3-5H,2H2,1H3. The molecule has 84 valence electrons. The number of rotatable bonds is 3. The molecule has 5 heteroatoms. The van der Waals surface area contributed by atoms with Gasteiger partial charge in [0.15, 0.2) is 5.76 Å². The van der Waals surface area contributed by atoms with Crippen molar-refractivity contribution >= 4 is 49.0 Å². The van der Waals surface area contributed by atoms with Crippen molar-refractivity contribution in [1.29, 1.82) is 0 Å². The first-order valence-electron chi connectivity index (χ1n) is 4.70. The van der Waals surface area contributed by atoms with Gasteiger partial charge in [0.25, 0.3) is 0 Å². The largest absolute Gasteiger partial charge is 0.458 e. The Morgan fingerprint density at radius 1 is 1.44 bits per heavy atom. The highest BCUT2D eigenvalue weighted by Gasteiger charge is 2.17. The number of halogens is 2. The summed E-state index contributed by atoms with van der Waals surface area (Å²) in [5, 5.41) is 0. The van der Waals surface area contributed by atoms with Gasteiger partial charge in [-0.05, 0) is 50.1 Å². The van der Waals surface area contributed by atoms with Gasteiger partial charge in [-0.15, -0.1) is 11.3 Å². The minimum absolute atomic E-state index is 0.0731. The topological polar surface area (TPSA) is 30.2 Å². The zero-order chi connectivity index (χ0) is 11.7. The van der Waals surface area contributed by atoms with E-state index in [-0.39, 0.29) is 5.78 Å². The molecule has 0 radical (unpaired) electrons. The van der Waals surface area contributed by atoms with E-state index in [0.717, 1.165) is 20.4 Å². The van der Waals surface area contributed by atoms with Gasteiger partial charge in [0.1, 0.15) is 5.76 Å². The second-order valence-corrected chi connectivity index (χ2v) is 6.41.